The molecule has 0 bridgehead atoms. The SMILES string of the molecule is CCOC(CCCC(C)C)C(OCC)OCC. The van der Waals surface area contributed by atoms with Gasteiger partial charge in [-0.1, -0.05) is 26.7 Å². The van der Waals surface area contributed by atoms with Crippen LogP contribution in [0.5, 0.6) is 0 Å². The van der Waals surface area contributed by atoms with Crippen molar-refractivity contribution in [2.75, 3.05) is 19.8 Å². The Morgan fingerprint density at radius 3 is 1.71 bits per heavy atom. The Bertz CT molecular complexity index is 154. The third kappa shape index (κ3) is 8.58. The summed E-state index contributed by atoms with van der Waals surface area (Å²) in [5.41, 5.74) is 0. The van der Waals surface area contributed by atoms with Gasteiger partial charge in [0.15, 0.2) is 6.29 Å². The first kappa shape index (κ1) is 16.9. The molecular formula is C14H30O3. The molecule has 0 aliphatic rings. The van der Waals surface area contributed by atoms with E-state index < -0.39 is 0 Å². The minimum absolute atomic E-state index is 0.0682. The van der Waals surface area contributed by atoms with Gasteiger partial charge in [-0.25, -0.2) is 0 Å². The molecule has 0 aromatic rings. The Morgan fingerprint density at radius 2 is 1.29 bits per heavy atom. The van der Waals surface area contributed by atoms with E-state index in [1.165, 1.54) is 12.8 Å². The summed E-state index contributed by atoms with van der Waals surface area (Å²) >= 11 is 0. The highest BCUT2D eigenvalue weighted by Gasteiger charge is 2.22. The minimum atomic E-state index is -0.211. The summed E-state index contributed by atoms with van der Waals surface area (Å²) < 4.78 is 17.0. The van der Waals surface area contributed by atoms with Crippen LogP contribution in [-0.2, 0) is 14.2 Å². The van der Waals surface area contributed by atoms with Gasteiger partial charge in [0.05, 0.1) is 0 Å². The second-order valence-corrected chi connectivity index (χ2v) is 4.60. The predicted octanol–water partition coefficient (Wildman–Crippen LogP) is 3.62. The largest absolute Gasteiger partial charge is 0.373 e. The van der Waals surface area contributed by atoms with Crippen LogP contribution in [0.3, 0.4) is 0 Å². The lowest BCUT2D eigenvalue weighted by molar-refractivity contribution is -0.204. The van der Waals surface area contributed by atoms with Crippen molar-refractivity contribution < 1.29 is 14.2 Å². The van der Waals surface area contributed by atoms with Crippen molar-refractivity contribution in [2.24, 2.45) is 5.92 Å². The first-order chi connectivity index (χ1) is 8.15. The molecule has 0 saturated heterocycles. The lowest BCUT2D eigenvalue weighted by Gasteiger charge is -2.26. The van der Waals surface area contributed by atoms with E-state index in [2.05, 4.69) is 13.8 Å². The Balaban J connectivity index is 4.13. The van der Waals surface area contributed by atoms with E-state index in [0.29, 0.717) is 19.8 Å². The zero-order chi connectivity index (χ0) is 13.1. The van der Waals surface area contributed by atoms with Crippen molar-refractivity contribution in [3.63, 3.8) is 0 Å². The van der Waals surface area contributed by atoms with Crippen molar-refractivity contribution in [2.45, 2.75) is 66.3 Å². The summed E-state index contributed by atoms with van der Waals surface area (Å²) in [6, 6.07) is 0. The Hall–Kier alpha value is -0.120. The summed E-state index contributed by atoms with van der Waals surface area (Å²) in [6.45, 7) is 12.5. The third-order valence-corrected chi connectivity index (χ3v) is 2.62. The summed E-state index contributed by atoms with van der Waals surface area (Å²) in [4.78, 5) is 0. The van der Waals surface area contributed by atoms with Crippen LogP contribution >= 0.6 is 0 Å². The zero-order valence-corrected chi connectivity index (χ0v) is 12.2. The first-order valence-electron chi connectivity index (χ1n) is 7.00. The molecular weight excluding hydrogens is 216 g/mol. The average molecular weight is 246 g/mol. The molecule has 0 aromatic heterocycles. The Labute approximate surface area is 107 Å². The van der Waals surface area contributed by atoms with Crippen molar-refractivity contribution >= 4 is 0 Å². The van der Waals surface area contributed by atoms with Crippen molar-refractivity contribution in [3.05, 3.63) is 0 Å². The molecule has 0 rings (SSSR count). The molecule has 0 N–H and O–H groups in total. The normalized spacial score (nSPS) is 13.6. The van der Waals surface area contributed by atoms with Crippen molar-refractivity contribution in [1.82, 2.24) is 0 Å². The van der Waals surface area contributed by atoms with Gasteiger partial charge in [-0.2, -0.15) is 0 Å². The highest BCUT2D eigenvalue weighted by Crippen LogP contribution is 2.16. The van der Waals surface area contributed by atoms with E-state index in [-0.39, 0.29) is 12.4 Å². The molecule has 0 saturated carbocycles. The van der Waals surface area contributed by atoms with Gasteiger partial charge in [-0.3, -0.25) is 0 Å². The van der Waals surface area contributed by atoms with E-state index in [4.69, 9.17) is 14.2 Å². The number of rotatable bonds is 11. The molecule has 0 heterocycles. The van der Waals surface area contributed by atoms with Gasteiger partial charge >= 0.3 is 0 Å². The van der Waals surface area contributed by atoms with Crippen LogP contribution in [0.2, 0.25) is 0 Å². The van der Waals surface area contributed by atoms with E-state index in [1.54, 1.807) is 0 Å². The quantitative estimate of drug-likeness (QED) is 0.521. The molecule has 0 fully saturated rings. The lowest BCUT2D eigenvalue weighted by Crippen LogP contribution is -2.34. The molecule has 0 amide bonds. The smallest absolute Gasteiger partial charge is 0.183 e. The standard InChI is InChI=1S/C14H30O3/c1-6-15-13(11-9-10-12(4)5)14(16-7-2)17-8-3/h12-14H,6-11H2,1-5H3. The Morgan fingerprint density at radius 1 is 0.765 bits per heavy atom. The van der Waals surface area contributed by atoms with Crippen LogP contribution in [0.1, 0.15) is 53.9 Å². The molecule has 1 atom stereocenters. The third-order valence-electron chi connectivity index (χ3n) is 2.62. The van der Waals surface area contributed by atoms with Crippen LogP contribution in [0, 0.1) is 5.92 Å². The van der Waals surface area contributed by atoms with Crippen LogP contribution in [0.4, 0.5) is 0 Å². The van der Waals surface area contributed by atoms with Crippen LogP contribution < -0.4 is 0 Å². The van der Waals surface area contributed by atoms with Crippen molar-refractivity contribution in [3.8, 4) is 0 Å². The fraction of sp³-hybridized carbons (Fsp3) is 1.00. The molecule has 17 heavy (non-hydrogen) atoms. The fourth-order valence-electron chi connectivity index (χ4n) is 1.83. The number of hydrogen-bond donors (Lipinski definition) is 0. The molecule has 0 aliphatic carbocycles. The zero-order valence-electron chi connectivity index (χ0n) is 12.2. The molecule has 1 unspecified atom stereocenters. The highest BCUT2D eigenvalue weighted by atomic mass is 16.7. The van der Waals surface area contributed by atoms with Gasteiger partial charge in [0, 0.05) is 19.8 Å². The molecule has 0 spiro atoms. The lowest BCUT2D eigenvalue weighted by atomic mass is 10.0. The maximum Gasteiger partial charge on any atom is 0.183 e. The molecule has 0 aromatic carbocycles. The average Bonchev–Trinajstić information content (AvgIpc) is 2.27. The first-order valence-corrected chi connectivity index (χ1v) is 7.00. The van der Waals surface area contributed by atoms with Gasteiger partial charge < -0.3 is 14.2 Å². The van der Waals surface area contributed by atoms with Crippen LogP contribution in [0.25, 0.3) is 0 Å². The van der Waals surface area contributed by atoms with Gasteiger partial charge in [0.25, 0.3) is 0 Å². The molecule has 0 aliphatic heterocycles. The van der Waals surface area contributed by atoms with E-state index in [9.17, 15) is 0 Å². The summed E-state index contributed by atoms with van der Waals surface area (Å²) in [5.74, 6) is 0.745. The molecule has 3 nitrogen and oxygen atoms in total. The van der Waals surface area contributed by atoms with E-state index in [1.807, 2.05) is 20.8 Å². The van der Waals surface area contributed by atoms with Crippen molar-refractivity contribution in [1.29, 1.82) is 0 Å². The van der Waals surface area contributed by atoms with Gasteiger partial charge in [0.1, 0.15) is 6.10 Å². The number of ether oxygens (including phenoxy) is 3. The van der Waals surface area contributed by atoms with Crippen LogP contribution in [0.15, 0.2) is 0 Å². The molecule has 0 radical (unpaired) electrons. The Kier molecular flexibility index (Phi) is 10.9. The minimum Gasteiger partial charge on any atom is -0.373 e. The highest BCUT2D eigenvalue weighted by molar-refractivity contribution is 4.64. The van der Waals surface area contributed by atoms with E-state index in [0.717, 1.165) is 12.3 Å². The maximum atomic E-state index is 5.74. The predicted molar refractivity (Wildman–Crippen MR) is 71.1 cm³/mol. The van der Waals surface area contributed by atoms with E-state index >= 15 is 0 Å². The molecule has 104 valence electrons. The van der Waals surface area contributed by atoms with Gasteiger partial charge in [-0.15, -0.1) is 0 Å². The number of hydrogen-bond acceptors (Lipinski definition) is 3. The van der Waals surface area contributed by atoms with Gasteiger partial charge in [-0.05, 0) is 33.1 Å². The maximum absolute atomic E-state index is 5.74. The van der Waals surface area contributed by atoms with Gasteiger partial charge in [0.2, 0.25) is 0 Å². The topological polar surface area (TPSA) is 27.7 Å². The molecule has 3 heteroatoms. The van der Waals surface area contributed by atoms with Crippen LogP contribution in [-0.4, -0.2) is 32.2 Å². The monoisotopic (exact) mass is 246 g/mol. The second-order valence-electron chi connectivity index (χ2n) is 4.60. The summed E-state index contributed by atoms with van der Waals surface area (Å²) in [6.07, 6.45) is 3.26. The fourth-order valence-corrected chi connectivity index (χ4v) is 1.83. The summed E-state index contributed by atoms with van der Waals surface area (Å²) in [5, 5.41) is 0. The second kappa shape index (κ2) is 11.0. The summed E-state index contributed by atoms with van der Waals surface area (Å²) in [7, 11) is 0.